The van der Waals surface area contributed by atoms with Crippen molar-refractivity contribution >= 4 is 17.9 Å². The van der Waals surface area contributed by atoms with Crippen LogP contribution in [0.1, 0.15) is 290 Å². The van der Waals surface area contributed by atoms with Crippen LogP contribution in [0.3, 0.4) is 0 Å². The Morgan fingerprint density at radius 3 is 0.890 bits per heavy atom. The number of rotatable bonds is 55. The molecule has 0 heterocycles. The van der Waals surface area contributed by atoms with Crippen LogP contribution in [-0.4, -0.2) is 37.2 Å². The van der Waals surface area contributed by atoms with Crippen molar-refractivity contribution in [1.82, 2.24) is 0 Å². The molecule has 73 heavy (non-hydrogen) atoms. The minimum Gasteiger partial charge on any atom is -0.462 e. The average molecular weight is 1020 g/mol. The van der Waals surface area contributed by atoms with Crippen molar-refractivity contribution in [2.24, 2.45) is 0 Å². The number of unbranched alkanes of at least 4 members (excludes halogenated alkanes) is 28. The number of hydrogen-bond acceptors (Lipinski definition) is 6. The fraction of sp³-hybridized carbons (Fsp3) is 0.716. The topological polar surface area (TPSA) is 78.9 Å². The van der Waals surface area contributed by atoms with E-state index in [2.05, 4.69) is 118 Å². The van der Waals surface area contributed by atoms with Crippen LogP contribution in [0.4, 0.5) is 0 Å². The summed E-state index contributed by atoms with van der Waals surface area (Å²) in [5.41, 5.74) is 0. The van der Waals surface area contributed by atoms with Crippen molar-refractivity contribution in [3.8, 4) is 0 Å². The third-order valence-electron chi connectivity index (χ3n) is 13.1. The Morgan fingerprint density at radius 2 is 0.534 bits per heavy atom. The summed E-state index contributed by atoms with van der Waals surface area (Å²) < 4.78 is 16.8. The van der Waals surface area contributed by atoms with Crippen LogP contribution < -0.4 is 0 Å². The zero-order valence-electron chi connectivity index (χ0n) is 47.9. The molecule has 0 saturated carbocycles. The van der Waals surface area contributed by atoms with E-state index in [1.807, 2.05) is 0 Å². The molecule has 6 heteroatoms. The minimum atomic E-state index is -0.812. The second kappa shape index (κ2) is 60.9. The molecule has 0 aliphatic carbocycles. The van der Waals surface area contributed by atoms with Gasteiger partial charge in [-0.25, -0.2) is 0 Å². The summed E-state index contributed by atoms with van der Waals surface area (Å²) in [5.74, 6) is -0.971. The summed E-state index contributed by atoms with van der Waals surface area (Å²) in [6.45, 7) is 6.37. The Morgan fingerprint density at radius 1 is 0.288 bits per heavy atom. The van der Waals surface area contributed by atoms with Crippen LogP contribution in [0, 0.1) is 0 Å². The van der Waals surface area contributed by atoms with Gasteiger partial charge in [-0.05, 0) is 116 Å². The molecule has 1 unspecified atom stereocenters. The average Bonchev–Trinajstić information content (AvgIpc) is 3.39. The minimum absolute atomic E-state index is 0.103. The van der Waals surface area contributed by atoms with E-state index in [1.54, 1.807) is 0 Å². The molecule has 1 atom stereocenters. The van der Waals surface area contributed by atoms with Gasteiger partial charge in [0.25, 0.3) is 0 Å². The molecule has 418 valence electrons. The Hall–Kier alpha value is -3.67. The summed E-state index contributed by atoms with van der Waals surface area (Å²) in [4.78, 5) is 38.2. The maximum absolute atomic E-state index is 12.8. The molecule has 0 rings (SSSR count). The van der Waals surface area contributed by atoms with Crippen molar-refractivity contribution in [2.75, 3.05) is 13.2 Å². The Balaban J connectivity index is 4.28. The van der Waals surface area contributed by atoms with Gasteiger partial charge in [-0.15, -0.1) is 0 Å². The summed E-state index contributed by atoms with van der Waals surface area (Å²) in [6.07, 6.45) is 81.5. The first-order valence-corrected chi connectivity index (χ1v) is 30.7. The highest BCUT2D eigenvalue weighted by atomic mass is 16.6. The van der Waals surface area contributed by atoms with Crippen LogP contribution in [-0.2, 0) is 28.6 Å². The lowest BCUT2D eigenvalue weighted by Crippen LogP contribution is -2.30. The lowest BCUT2D eigenvalue weighted by atomic mass is 10.0. The van der Waals surface area contributed by atoms with Gasteiger partial charge in [0, 0.05) is 19.3 Å². The molecule has 0 fully saturated rings. The maximum Gasteiger partial charge on any atom is 0.306 e. The summed E-state index contributed by atoms with van der Waals surface area (Å²) in [6, 6.07) is 0. The van der Waals surface area contributed by atoms with E-state index in [-0.39, 0.29) is 37.5 Å². The first-order valence-electron chi connectivity index (χ1n) is 30.7. The molecule has 0 bridgehead atoms. The third-order valence-corrected chi connectivity index (χ3v) is 13.1. The van der Waals surface area contributed by atoms with Gasteiger partial charge >= 0.3 is 17.9 Å². The summed E-state index contributed by atoms with van der Waals surface area (Å²) in [5, 5.41) is 0. The number of hydrogen-bond donors (Lipinski definition) is 0. The first-order chi connectivity index (χ1) is 36.0. The molecule has 0 amide bonds. The van der Waals surface area contributed by atoms with E-state index in [9.17, 15) is 14.4 Å². The fourth-order valence-electron chi connectivity index (χ4n) is 8.50. The van der Waals surface area contributed by atoms with Crippen LogP contribution >= 0.6 is 0 Å². The van der Waals surface area contributed by atoms with E-state index in [0.29, 0.717) is 19.3 Å². The van der Waals surface area contributed by atoms with Crippen LogP contribution in [0.5, 0.6) is 0 Å². The van der Waals surface area contributed by atoms with Crippen LogP contribution in [0.15, 0.2) is 97.2 Å². The second-order valence-corrected chi connectivity index (χ2v) is 20.2. The number of ether oxygens (including phenoxy) is 3. The van der Waals surface area contributed by atoms with Gasteiger partial charge in [0.05, 0.1) is 0 Å². The van der Waals surface area contributed by atoms with E-state index in [1.165, 1.54) is 141 Å². The monoisotopic (exact) mass is 1010 g/mol. The van der Waals surface area contributed by atoms with E-state index >= 15 is 0 Å². The third kappa shape index (κ3) is 59.1. The van der Waals surface area contributed by atoms with Gasteiger partial charge in [0.1, 0.15) is 13.2 Å². The summed E-state index contributed by atoms with van der Waals surface area (Å²) >= 11 is 0. The van der Waals surface area contributed by atoms with Gasteiger partial charge in [-0.3, -0.25) is 14.4 Å². The molecule has 0 aliphatic rings. The predicted octanol–water partition coefficient (Wildman–Crippen LogP) is 20.9. The molecule has 0 aromatic carbocycles. The highest BCUT2D eigenvalue weighted by Gasteiger charge is 2.19. The van der Waals surface area contributed by atoms with Crippen molar-refractivity contribution in [3.05, 3.63) is 97.2 Å². The van der Waals surface area contributed by atoms with E-state index in [4.69, 9.17) is 14.2 Å². The van der Waals surface area contributed by atoms with Gasteiger partial charge in [0.2, 0.25) is 0 Å². The molecule has 0 aromatic heterocycles. The Kier molecular flexibility index (Phi) is 57.8. The van der Waals surface area contributed by atoms with Crippen molar-refractivity contribution in [2.45, 2.75) is 297 Å². The van der Waals surface area contributed by atoms with Gasteiger partial charge in [0.15, 0.2) is 6.10 Å². The van der Waals surface area contributed by atoms with Gasteiger partial charge in [-0.2, -0.15) is 0 Å². The Bertz CT molecular complexity index is 1440. The second-order valence-electron chi connectivity index (χ2n) is 20.2. The van der Waals surface area contributed by atoms with Crippen molar-refractivity contribution < 1.29 is 28.6 Å². The molecule has 0 saturated heterocycles. The summed E-state index contributed by atoms with van der Waals surface area (Å²) in [7, 11) is 0. The van der Waals surface area contributed by atoms with Crippen molar-refractivity contribution in [3.63, 3.8) is 0 Å². The Labute approximate surface area is 451 Å². The molecular weight excluding hydrogens is 901 g/mol. The van der Waals surface area contributed by atoms with E-state index in [0.717, 1.165) is 103 Å². The van der Waals surface area contributed by atoms with Gasteiger partial charge < -0.3 is 14.2 Å². The lowest BCUT2D eigenvalue weighted by Gasteiger charge is -2.18. The molecule has 6 nitrogen and oxygen atoms in total. The largest absolute Gasteiger partial charge is 0.462 e. The smallest absolute Gasteiger partial charge is 0.306 e. The maximum atomic E-state index is 12.8. The highest BCUT2D eigenvalue weighted by Crippen LogP contribution is 2.16. The molecule has 0 aliphatic heterocycles. The predicted molar refractivity (Wildman–Crippen MR) is 316 cm³/mol. The van der Waals surface area contributed by atoms with Crippen LogP contribution in [0.25, 0.3) is 0 Å². The number of carbonyl (C=O) groups is 3. The quantitative estimate of drug-likeness (QED) is 0.0261. The van der Waals surface area contributed by atoms with Crippen molar-refractivity contribution in [1.29, 1.82) is 0 Å². The number of esters is 3. The zero-order chi connectivity index (χ0) is 52.9. The standard InChI is InChI=1S/C67H114O6/c1-4-7-10-13-16-19-22-25-27-28-29-30-31-32-33-34-35-36-37-38-40-42-45-48-51-54-57-60-66(69)72-63-64(62-71-65(68)59-56-53-50-47-44-41-24-21-18-15-12-9-6-3)73-67(70)61-58-55-52-49-46-43-39-26-23-20-17-14-11-8-5-2/h8-9,11-12,17-18,20-21,26,28-29,39,41,44,46,49,64H,4-7,10,13-16,19,22-25,27,30-38,40,42-43,45,47-48,50-63H2,1-3H3/b11-8-,12-9-,20-17-,21-18-,29-28-,39-26-,44-41-,49-46-. The molecule has 0 N–H and O–H groups in total. The van der Waals surface area contributed by atoms with Crippen LogP contribution in [0.2, 0.25) is 0 Å². The highest BCUT2D eigenvalue weighted by molar-refractivity contribution is 5.71. The zero-order valence-corrected chi connectivity index (χ0v) is 47.9. The fourth-order valence-corrected chi connectivity index (χ4v) is 8.50. The molecule has 0 spiro atoms. The first kappa shape index (κ1) is 69.3. The number of carbonyl (C=O) groups excluding carboxylic acids is 3. The SMILES string of the molecule is CC/C=C\C/C=C\C/C=C\C/C=C\CCCCC(=O)OC(COC(=O)CCCCC/C=C\C/C=C\C/C=C\CC)COC(=O)CCCCCCCCCCCCCCCCC/C=C\CCCCCCCCCC. The normalized spacial score (nSPS) is 12.8. The number of allylic oxidation sites excluding steroid dienone is 16. The van der Waals surface area contributed by atoms with Gasteiger partial charge in [-0.1, -0.05) is 253 Å². The molecule has 0 aromatic rings. The lowest BCUT2D eigenvalue weighted by molar-refractivity contribution is -0.167. The van der Waals surface area contributed by atoms with E-state index < -0.39 is 6.10 Å². The molecule has 0 radical (unpaired) electrons. The molecular formula is C67H114O6.